The largest absolute Gasteiger partial charge is 0.384 e. The highest BCUT2D eigenvalue weighted by Gasteiger charge is 2.05. The molecule has 2 rings (SSSR count). The molecule has 0 amide bonds. The van der Waals surface area contributed by atoms with Crippen molar-refractivity contribution >= 4 is 5.69 Å². The molecule has 0 aliphatic heterocycles. The Labute approximate surface area is 125 Å². The number of nitrogens with zero attached hydrogens (tertiary/aromatic N) is 2. The molecule has 2 aromatic carbocycles. The molecule has 0 heterocycles. The molecule has 2 aromatic rings. The van der Waals surface area contributed by atoms with E-state index >= 15 is 0 Å². The Hall–Kier alpha value is -2.75. The van der Waals surface area contributed by atoms with Gasteiger partial charge in [-0.3, -0.25) is 0 Å². The van der Waals surface area contributed by atoms with Crippen LogP contribution < -0.4 is 4.90 Å². The maximum atomic E-state index is 8.82. The fourth-order valence-electron chi connectivity index (χ4n) is 2.05. The molecule has 3 heteroatoms. The van der Waals surface area contributed by atoms with Crippen molar-refractivity contribution < 1.29 is 5.11 Å². The van der Waals surface area contributed by atoms with E-state index in [2.05, 4.69) is 22.8 Å². The van der Waals surface area contributed by atoms with Crippen molar-refractivity contribution in [2.75, 3.05) is 18.6 Å². The Bertz CT molecular complexity index is 702. The molecular formula is C18H16N2O. The standard InChI is InChI=1S/C18H16N2O/c1-20(18-10-8-15(13-19)9-11-18)14-17-6-3-2-5-16(17)7-4-12-21/h2-3,5-6,8-11,21H,12,14H2,1H3. The molecule has 0 saturated carbocycles. The van der Waals surface area contributed by atoms with Gasteiger partial charge in [0.15, 0.2) is 0 Å². The molecule has 0 aliphatic carbocycles. The van der Waals surface area contributed by atoms with Crippen LogP contribution in [0.15, 0.2) is 48.5 Å². The van der Waals surface area contributed by atoms with Crippen LogP contribution in [0.5, 0.6) is 0 Å². The Morgan fingerprint density at radius 2 is 1.81 bits per heavy atom. The molecule has 0 atom stereocenters. The van der Waals surface area contributed by atoms with E-state index in [1.165, 1.54) is 0 Å². The molecule has 0 aliphatic rings. The minimum Gasteiger partial charge on any atom is -0.384 e. The number of anilines is 1. The summed E-state index contributed by atoms with van der Waals surface area (Å²) >= 11 is 0. The zero-order chi connectivity index (χ0) is 15.1. The van der Waals surface area contributed by atoms with Gasteiger partial charge in [-0.05, 0) is 35.9 Å². The van der Waals surface area contributed by atoms with Gasteiger partial charge in [-0.2, -0.15) is 5.26 Å². The molecule has 21 heavy (non-hydrogen) atoms. The van der Waals surface area contributed by atoms with Crippen LogP contribution in [-0.4, -0.2) is 18.8 Å². The number of aliphatic hydroxyl groups is 1. The van der Waals surface area contributed by atoms with Crippen LogP contribution in [-0.2, 0) is 6.54 Å². The monoisotopic (exact) mass is 276 g/mol. The molecule has 0 saturated heterocycles. The highest BCUT2D eigenvalue weighted by molar-refractivity contribution is 5.51. The second-order valence-electron chi connectivity index (χ2n) is 4.63. The van der Waals surface area contributed by atoms with Crippen LogP contribution in [0.1, 0.15) is 16.7 Å². The minimum atomic E-state index is -0.139. The van der Waals surface area contributed by atoms with E-state index in [-0.39, 0.29) is 6.61 Å². The SMILES string of the molecule is CN(Cc1ccccc1C#CCO)c1ccc(C#N)cc1. The second-order valence-corrected chi connectivity index (χ2v) is 4.63. The summed E-state index contributed by atoms with van der Waals surface area (Å²) in [6.07, 6.45) is 0. The number of benzene rings is 2. The van der Waals surface area contributed by atoms with Gasteiger partial charge in [0, 0.05) is 24.8 Å². The molecule has 0 aromatic heterocycles. The number of hydrogen-bond donors (Lipinski definition) is 1. The number of aliphatic hydroxyl groups excluding tert-OH is 1. The summed E-state index contributed by atoms with van der Waals surface area (Å²) in [7, 11) is 2.00. The van der Waals surface area contributed by atoms with Gasteiger partial charge in [-0.15, -0.1) is 0 Å². The zero-order valence-electron chi connectivity index (χ0n) is 11.9. The highest BCUT2D eigenvalue weighted by Crippen LogP contribution is 2.18. The Kier molecular flexibility index (Phi) is 4.99. The quantitative estimate of drug-likeness (QED) is 0.876. The van der Waals surface area contributed by atoms with Gasteiger partial charge < -0.3 is 10.0 Å². The third-order valence-corrected chi connectivity index (χ3v) is 3.16. The number of rotatable bonds is 3. The van der Waals surface area contributed by atoms with Crippen LogP contribution in [0.25, 0.3) is 0 Å². The van der Waals surface area contributed by atoms with Crippen LogP contribution in [0.2, 0.25) is 0 Å². The smallest absolute Gasteiger partial charge is 0.104 e. The van der Waals surface area contributed by atoms with Crippen molar-refractivity contribution in [1.82, 2.24) is 0 Å². The zero-order valence-corrected chi connectivity index (χ0v) is 11.9. The molecular weight excluding hydrogens is 260 g/mol. The lowest BCUT2D eigenvalue weighted by atomic mass is 10.1. The normalized spacial score (nSPS) is 9.38. The lowest BCUT2D eigenvalue weighted by Gasteiger charge is -2.20. The lowest BCUT2D eigenvalue weighted by Crippen LogP contribution is -2.17. The number of nitriles is 1. The summed E-state index contributed by atoms with van der Waals surface area (Å²) in [5.74, 6) is 5.65. The van der Waals surface area contributed by atoms with Crippen molar-refractivity contribution in [1.29, 1.82) is 5.26 Å². The third-order valence-electron chi connectivity index (χ3n) is 3.16. The topological polar surface area (TPSA) is 47.3 Å². The fraction of sp³-hybridized carbons (Fsp3) is 0.167. The van der Waals surface area contributed by atoms with E-state index in [0.717, 1.165) is 16.8 Å². The summed E-state index contributed by atoms with van der Waals surface area (Å²) < 4.78 is 0. The van der Waals surface area contributed by atoms with E-state index < -0.39 is 0 Å². The molecule has 104 valence electrons. The summed E-state index contributed by atoms with van der Waals surface area (Å²) in [5, 5.41) is 17.6. The number of hydrogen-bond acceptors (Lipinski definition) is 3. The Morgan fingerprint density at radius 1 is 1.10 bits per heavy atom. The first kappa shape index (κ1) is 14.7. The maximum Gasteiger partial charge on any atom is 0.104 e. The molecule has 3 nitrogen and oxygen atoms in total. The van der Waals surface area contributed by atoms with Crippen LogP contribution in [0.3, 0.4) is 0 Å². The van der Waals surface area contributed by atoms with Crippen molar-refractivity contribution in [3.8, 4) is 17.9 Å². The van der Waals surface area contributed by atoms with E-state index in [0.29, 0.717) is 12.1 Å². The molecule has 0 fully saturated rings. The summed E-state index contributed by atoms with van der Waals surface area (Å²) in [6, 6.07) is 17.5. The van der Waals surface area contributed by atoms with Gasteiger partial charge in [0.25, 0.3) is 0 Å². The highest BCUT2D eigenvalue weighted by atomic mass is 16.2. The van der Waals surface area contributed by atoms with Gasteiger partial charge in [-0.25, -0.2) is 0 Å². The van der Waals surface area contributed by atoms with E-state index in [9.17, 15) is 0 Å². The van der Waals surface area contributed by atoms with Gasteiger partial charge >= 0.3 is 0 Å². The average molecular weight is 276 g/mol. The summed E-state index contributed by atoms with van der Waals surface area (Å²) in [4.78, 5) is 2.10. The maximum absolute atomic E-state index is 8.82. The van der Waals surface area contributed by atoms with Gasteiger partial charge in [0.2, 0.25) is 0 Å². The fourth-order valence-corrected chi connectivity index (χ4v) is 2.05. The van der Waals surface area contributed by atoms with Crippen LogP contribution in [0.4, 0.5) is 5.69 Å². The Morgan fingerprint density at radius 3 is 2.48 bits per heavy atom. The van der Waals surface area contributed by atoms with Crippen molar-refractivity contribution in [2.24, 2.45) is 0 Å². The van der Waals surface area contributed by atoms with Crippen molar-refractivity contribution in [3.63, 3.8) is 0 Å². The summed E-state index contributed by atoms with van der Waals surface area (Å²) in [5.41, 5.74) is 3.72. The molecule has 0 unspecified atom stereocenters. The van der Waals surface area contributed by atoms with Crippen LogP contribution >= 0.6 is 0 Å². The van der Waals surface area contributed by atoms with Gasteiger partial charge in [0.05, 0.1) is 11.6 Å². The first-order valence-electron chi connectivity index (χ1n) is 6.63. The molecule has 0 radical (unpaired) electrons. The van der Waals surface area contributed by atoms with Crippen LogP contribution in [0, 0.1) is 23.2 Å². The molecule has 0 bridgehead atoms. The molecule has 1 N–H and O–H groups in total. The first-order chi connectivity index (χ1) is 10.2. The summed E-state index contributed by atoms with van der Waals surface area (Å²) in [6.45, 7) is 0.571. The van der Waals surface area contributed by atoms with E-state index in [1.807, 2.05) is 55.6 Å². The van der Waals surface area contributed by atoms with Crippen molar-refractivity contribution in [3.05, 3.63) is 65.2 Å². The molecule has 0 spiro atoms. The predicted molar refractivity (Wildman–Crippen MR) is 83.7 cm³/mol. The van der Waals surface area contributed by atoms with Crippen molar-refractivity contribution in [2.45, 2.75) is 6.54 Å². The Balaban J connectivity index is 2.19. The van der Waals surface area contributed by atoms with E-state index in [1.54, 1.807) is 0 Å². The second kappa shape index (κ2) is 7.14. The first-order valence-corrected chi connectivity index (χ1v) is 6.63. The van der Waals surface area contributed by atoms with Gasteiger partial charge in [-0.1, -0.05) is 30.0 Å². The minimum absolute atomic E-state index is 0.139. The van der Waals surface area contributed by atoms with Gasteiger partial charge in [0.1, 0.15) is 6.61 Å². The van der Waals surface area contributed by atoms with E-state index in [4.69, 9.17) is 10.4 Å². The third kappa shape index (κ3) is 3.86. The average Bonchev–Trinajstić information content (AvgIpc) is 2.54. The predicted octanol–water partition coefficient (Wildman–Crippen LogP) is 2.54. The lowest BCUT2D eigenvalue weighted by molar-refractivity contribution is 0.350.